The van der Waals surface area contributed by atoms with Crippen molar-refractivity contribution in [3.8, 4) is 17.2 Å². The van der Waals surface area contributed by atoms with Crippen LogP contribution >= 0.6 is 7.52 Å². The molecule has 2 atom stereocenters. The quantitative estimate of drug-likeness (QED) is 0.180. The smallest absolute Gasteiger partial charge is 0.407 e. The first-order valence-corrected chi connectivity index (χ1v) is 15.3. The zero-order valence-electron chi connectivity index (χ0n) is 24.7. The van der Waals surface area contributed by atoms with Gasteiger partial charge in [0.05, 0.1) is 26.7 Å². The zero-order chi connectivity index (χ0) is 30.6. The Balaban J connectivity index is 2.14. The Morgan fingerprint density at radius 3 is 2.15 bits per heavy atom. The number of carbonyl (C=O) groups excluding carboxylic acids is 2. The number of carbonyl (C=O) groups is 3. The number of carboxylic acid groups (broad SMARTS) is 1. The summed E-state index contributed by atoms with van der Waals surface area (Å²) < 4.78 is 46.0. The highest BCUT2D eigenvalue weighted by Gasteiger charge is 2.35. The van der Waals surface area contributed by atoms with Crippen LogP contribution in [-0.4, -0.2) is 69.5 Å². The molecule has 0 heterocycles. The minimum atomic E-state index is -3.83. The van der Waals surface area contributed by atoms with Crippen LogP contribution in [0.3, 0.4) is 0 Å². The van der Waals surface area contributed by atoms with Gasteiger partial charge in [-0.15, -0.1) is 0 Å². The Morgan fingerprint density at radius 2 is 1.63 bits per heavy atom. The minimum Gasteiger partial charge on any atom is -0.493 e. The Kier molecular flexibility index (Phi) is 13.2. The van der Waals surface area contributed by atoms with Crippen LogP contribution < -0.4 is 24.4 Å². The lowest BCUT2D eigenvalue weighted by atomic mass is 9.72. The van der Waals surface area contributed by atoms with Crippen molar-refractivity contribution >= 4 is 25.6 Å². The Bertz CT molecular complexity index is 1060. The highest BCUT2D eigenvalue weighted by molar-refractivity contribution is 7.57. The highest BCUT2D eigenvalue weighted by atomic mass is 31.2. The summed E-state index contributed by atoms with van der Waals surface area (Å²) in [6.45, 7) is 4.95. The lowest BCUT2D eigenvalue weighted by molar-refractivity contribution is -0.149. The second kappa shape index (κ2) is 15.8. The first-order valence-electron chi connectivity index (χ1n) is 13.5. The molecule has 1 aliphatic rings. The molecule has 14 heteroatoms. The van der Waals surface area contributed by atoms with Gasteiger partial charge in [0.1, 0.15) is 19.0 Å². The van der Waals surface area contributed by atoms with Crippen molar-refractivity contribution in [2.75, 3.05) is 34.2 Å². The summed E-state index contributed by atoms with van der Waals surface area (Å²) >= 11 is 0. The van der Waals surface area contributed by atoms with E-state index in [0.29, 0.717) is 5.56 Å². The van der Waals surface area contributed by atoms with E-state index >= 15 is 0 Å². The molecular formula is C27H43N2O11P. The van der Waals surface area contributed by atoms with E-state index in [1.807, 2.05) is 0 Å². The lowest BCUT2D eigenvalue weighted by Crippen LogP contribution is -2.40. The molecule has 1 fully saturated rings. The fourth-order valence-corrected chi connectivity index (χ4v) is 6.39. The second-order valence-electron chi connectivity index (χ2n) is 10.4. The zero-order valence-corrected chi connectivity index (χ0v) is 25.5. The summed E-state index contributed by atoms with van der Waals surface area (Å²) in [6.07, 6.45) is 2.94. The van der Waals surface area contributed by atoms with Crippen molar-refractivity contribution in [2.45, 2.75) is 78.0 Å². The molecule has 13 nitrogen and oxygen atoms in total. The predicted octanol–water partition coefficient (Wildman–Crippen LogP) is 4.46. The number of esters is 1. The molecule has 1 aliphatic carbocycles. The van der Waals surface area contributed by atoms with Crippen molar-refractivity contribution in [3.05, 3.63) is 17.7 Å². The van der Waals surface area contributed by atoms with Gasteiger partial charge < -0.3 is 38.6 Å². The van der Waals surface area contributed by atoms with Gasteiger partial charge in [-0.25, -0.2) is 9.88 Å². The number of alkyl carbamates (subject to hydrolysis) is 1. The van der Waals surface area contributed by atoms with Gasteiger partial charge in [-0.1, -0.05) is 19.3 Å². The number of methoxy groups -OCH3 is 3. The van der Waals surface area contributed by atoms with Crippen LogP contribution in [0, 0.1) is 5.41 Å². The molecule has 0 bridgehead atoms. The van der Waals surface area contributed by atoms with Crippen molar-refractivity contribution < 1.29 is 52.3 Å². The number of ether oxygens (including phenoxy) is 5. The van der Waals surface area contributed by atoms with E-state index in [-0.39, 0.29) is 49.3 Å². The third-order valence-corrected chi connectivity index (χ3v) is 8.43. The molecule has 1 unspecified atom stereocenters. The average Bonchev–Trinajstić information content (AvgIpc) is 2.90. The SMILES string of the molecule is COCP(=O)(N[C@@H](C)C(=O)OC(C)C)Oc1c(OC)cc(COC(=O)NCC2(CC(=O)O)CCCCC2)cc1OC. The van der Waals surface area contributed by atoms with Crippen molar-refractivity contribution in [1.82, 2.24) is 10.4 Å². The molecule has 3 N–H and O–H groups in total. The summed E-state index contributed by atoms with van der Waals surface area (Å²) in [4.78, 5) is 36.2. The molecule has 0 aliphatic heterocycles. The van der Waals surface area contributed by atoms with Gasteiger partial charge in [-0.3, -0.25) is 14.2 Å². The van der Waals surface area contributed by atoms with E-state index < -0.39 is 37.0 Å². The number of hydrogen-bond acceptors (Lipinski definition) is 10. The molecule has 1 aromatic carbocycles. The molecule has 1 amide bonds. The molecule has 0 aromatic heterocycles. The molecular weight excluding hydrogens is 559 g/mol. The molecule has 1 saturated carbocycles. The normalized spacial score (nSPS) is 16.7. The van der Waals surface area contributed by atoms with Gasteiger partial charge in [0.15, 0.2) is 11.5 Å². The van der Waals surface area contributed by atoms with Crippen LogP contribution in [-0.2, 0) is 35.0 Å². The fourth-order valence-electron chi connectivity index (χ4n) is 4.70. The van der Waals surface area contributed by atoms with E-state index in [0.717, 1.165) is 32.1 Å². The van der Waals surface area contributed by atoms with E-state index in [4.69, 9.17) is 28.2 Å². The minimum absolute atomic E-state index is 0.00609. The summed E-state index contributed by atoms with van der Waals surface area (Å²) in [6, 6.07) is 2.10. The maximum absolute atomic E-state index is 13.6. The predicted molar refractivity (Wildman–Crippen MR) is 149 cm³/mol. The fraction of sp³-hybridized carbons (Fsp3) is 0.667. The van der Waals surface area contributed by atoms with Crippen molar-refractivity contribution in [1.29, 1.82) is 0 Å². The maximum atomic E-state index is 13.6. The van der Waals surface area contributed by atoms with E-state index in [1.54, 1.807) is 13.8 Å². The van der Waals surface area contributed by atoms with Gasteiger partial charge in [-0.05, 0) is 56.7 Å². The standard InChI is InChI=1S/C27H43N2O11P/c1-18(2)39-25(32)19(3)29-41(34,17-35-4)40-24-21(36-5)12-20(13-22(24)37-6)15-38-26(33)28-16-27(14-23(30)31)10-8-7-9-11-27/h12-13,18-19H,7-11,14-17H2,1-6H3,(H,28,33)(H,29,34)(H,30,31)/t19-,41?/m0/s1. The summed E-state index contributed by atoms with van der Waals surface area (Å²) in [5, 5.41) is 14.7. The Hall–Kier alpha value is -3.02. The number of aliphatic carboxylic acids is 1. The largest absolute Gasteiger partial charge is 0.493 e. The van der Waals surface area contributed by atoms with Crippen molar-refractivity contribution in [2.24, 2.45) is 5.41 Å². The number of amides is 1. The Morgan fingerprint density at radius 1 is 1.02 bits per heavy atom. The Labute approximate surface area is 241 Å². The first-order chi connectivity index (χ1) is 19.4. The van der Waals surface area contributed by atoms with Gasteiger partial charge in [-0.2, -0.15) is 0 Å². The first kappa shape index (κ1) is 34.2. The number of rotatable bonds is 16. The van der Waals surface area contributed by atoms with E-state index in [1.165, 1.54) is 40.4 Å². The van der Waals surface area contributed by atoms with Crippen LogP contribution in [0.2, 0.25) is 0 Å². The van der Waals surface area contributed by atoms with Gasteiger partial charge in [0.2, 0.25) is 5.75 Å². The highest BCUT2D eigenvalue weighted by Crippen LogP contribution is 2.50. The summed E-state index contributed by atoms with van der Waals surface area (Å²) in [5.74, 6) is -1.22. The molecule has 0 saturated heterocycles. The molecule has 41 heavy (non-hydrogen) atoms. The van der Waals surface area contributed by atoms with Crippen LogP contribution in [0.5, 0.6) is 17.2 Å². The average molecular weight is 603 g/mol. The summed E-state index contributed by atoms with van der Waals surface area (Å²) in [5.41, 5.74) is 0.00406. The number of hydrogen-bond donors (Lipinski definition) is 3. The monoisotopic (exact) mass is 602 g/mol. The maximum Gasteiger partial charge on any atom is 0.407 e. The molecule has 0 radical (unpaired) electrons. The number of benzene rings is 1. The number of nitrogens with one attached hydrogen (secondary N) is 2. The lowest BCUT2D eigenvalue weighted by Gasteiger charge is -2.36. The molecule has 232 valence electrons. The third kappa shape index (κ3) is 10.7. The van der Waals surface area contributed by atoms with Gasteiger partial charge in [0, 0.05) is 13.7 Å². The van der Waals surface area contributed by atoms with Crippen LogP contribution in [0.1, 0.15) is 64.9 Å². The topological polar surface area (TPSA) is 168 Å². The van der Waals surface area contributed by atoms with Gasteiger partial charge in [0.25, 0.3) is 0 Å². The molecule has 2 rings (SSSR count). The van der Waals surface area contributed by atoms with Crippen LogP contribution in [0.25, 0.3) is 0 Å². The van der Waals surface area contributed by atoms with Crippen LogP contribution in [0.4, 0.5) is 4.79 Å². The van der Waals surface area contributed by atoms with E-state index in [9.17, 15) is 24.1 Å². The van der Waals surface area contributed by atoms with Gasteiger partial charge >= 0.3 is 25.6 Å². The number of carboxylic acids is 1. The second-order valence-corrected chi connectivity index (χ2v) is 12.5. The van der Waals surface area contributed by atoms with Crippen molar-refractivity contribution in [3.63, 3.8) is 0 Å². The third-order valence-electron chi connectivity index (χ3n) is 6.57. The van der Waals surface area contributed by atoms with E-state index in [2.05, 4.69) is 10.4 Å². The molecule has 1 aromatic rings. The van der Waals surface area contributed by atoms with Crippen LogP contribution in [0.15, 0.2) is 12.1 Å². The summed E-state index contributed by atoms with van der Waals surface area (Å²) in [7, 11) is 0.264. The molecule has 0 spiro atoms.